The van der Waals surface area contributed by atoms with Crippen LogP contribution in [0.1, 0.15) is 37.8 Å². The van der Waals surface area contributed by atoms with Gasteiger partial charge in [0.25, 0.3) is 0 Å². The molecule has 0 bridgehead atoms. The van der Waals surface area contributed by atoms with E-state index in [-0.39, 0.29) is 11.8 Å². The minimum Gasteiger partial charge on any atom is -0.497 e. The van der Waals surface area contributed by atoms with Crippen LogP contribution in [0.15, 0.2) is 36.4 Å². The van der Waals surface area contributed by atoms with Crippen LogP contribution in [-0.4, -0.2) is 30.9 Å². The molecule has 20 heavy (non-hydrogen) atoms. The Morgan fingerprint density at radius 2 is 2.10 bits per heavy atom. The Hall–Kier alpha value is -1.61. The smallest absolute Gasteiger partial charge is 0.159 e. The van der Waals surface area contributed by atoms with Crippen LogP contribution in [0.3, 0.4) is 0 Å². The molecule has 0 amide bonds. The lowest BCUT2D eigenvalue weighted by atomic mass is 9.94. The quantitative estimate of drug-likeness (QED) is 0.744. The van der Waals surface area contributed by atoms with Gasteiger partial charge >= 0.3 is 0 Å². The summed E-state index contributed by atoms with van der Waals surface area (Å²) in [6.07, 6.45) is 2.88. The zero-order valence-corrected chi connectivity index (χ0v) is 12.4. The molecule has 1 aliphatic heterocycles. The summed E-state index contributed by atoms with van der Waals surface area (Å²) < 4.78 is 5.30. The normalized spacial score (nSPS) is 16.9. The average Bonchev–Trinajstić information content (AvgIpc) is 3.00. The highest BCUT2D eigenvalue weighted by molar-refractivity contribution is 5.95. The number of hydrogen-bond donors (Lipinski definition) is 0. The van der Waals surface area contributed by atoms with E-state index < -0.39 is 0 Å². The van der Waals surface area contributed by atoms with Gasteiger partial charge in [0.05, 0.1) is 13.2 Å². The molecule has 1 atom stereocenters. The van der Waals surface area contributed by atoms with E-state index in [9.17, 15) is 4.79 Å². The van der Waals surface area contributed by atoms with Gasteiger partial charge in [-0.2, -0.15) is 0 Å². The zero-order chi connectivity index (χ0) is 14.5. The summed E-state index contributed by atoms with van der Waals surface area (Å²) >= 11 is 0. The van der Waals surface area contributed by atoms with Crippen molar-refractivity contribution in [3.63, 3.8) is 0 Å². The molecule has 2 rings (SSSR count). The molecule has 0 aliphatic carbocycles. The van der Waals surface area contributed by atoms with Crippen LogP contribution in [0.25, 0.3) is 0 Å². The Labute approximate surface area is 121 Å². The molecule has 1 aromatic carbocycles. The van der Waals surface area contributed by atoms with Gasteiger partial charge in [-0.05, 0) is 43.6 Å². The SMILES string of the molecule is C=C(C(=O)CC)C(c1cccc(OC)c1)N1CCCC1. The van der Waals surface area contributed by atoms with E-state index in [2.05, 4.69) is 17.5 Å². The Morgan fingerprint density at radius 3 is 2.70 bits per heavy atom. The largest absolute Gasteiger partial charge is 0.497 e. The third-order valence-electron chi connectivity index (χ3n) is 3.92. The van der Waals surface area contributed by atoms with E-state index in [4.69, 9.17) is 4.74 Å². The molecule has 3 nitrogen and oxygen atoms in total. The number of methoxy groups -OCH3 is 1. The molecule has 1 aromatic rings. The van der Waals surface area contributed by atoms with Crippen LogP contribution >= 0.6 is 0 Å². The molecule has 1 saturated heterocycles. The number of benzene rings is 1. The molecule has 0 aromatic heterocycles. The van der Waals surface area contributed by atoms with Crippen molar-refractivity contribution in [1.29, 1.82) is 0 Å². The van der Waals surface area contributed by atoms with Crippen molar-refractivity contribution in [1.82, 2.24) is 4.90 Å². The van der Waals surface area contributed by atoms with E-state index in [1.165, 1.54) is 12.8 Å². The van der Waals surface area contributed by atoms with E-state index in [0.29, 0.717) is 12.0 Å². The summed E-state index contributed by atoms with van der Waals surface area (Å²) in [6.45, 7) is 8.01. The molecule has 1 unspecified atom stereocenters. The summed E-state index contributed by atoms with van der Waals surface area (Å²) in [7, 11) is 1.66. The highest BCUT2D eigenvalue weighted by atomic mass is 16.5. The number of carbonyl (C=O) groups is 1. The first-order chi connectivity index (χ1) is 9.67. The highest BCUT2D eigenvalue weighted by Crippen LogP contribution is 2.33. The van der Waals surface area contributed by atoms with E-state index in [1.807, 2.05) is 25.1 Å². The van der Waals surface area contributed by atoms with E-state index >= 15 is 0 Å². The molecule has 0 saturated carbocycles. The van der Waals surface area contributed by atoms with Gasteiger partial charge in [0, 0.05) is 12.0 Å². The lowest BCUT2D eigenvalue weighted by Gasteiger charge is -2.29. The zero-order valence-electron chi connectivity index (χ0n) is 12.4. The van der Waals surface area contributed by atoms with Crippen LogP contribution in [0, 0.1) is 0 Å². The predicted octanol–water partition coefficient (Wildman–Crippen LogP) is 3.37. The number of likely N-dealkylation sites (tertiary alicyclic amines) is 1. The maximum atomic E-state index is 12.1. The van der Waals surface area contributed by atoms with Gasteiger partial charge in [-0.25, -0.2) is 0 Å². The number of ketones is 1. The van der Waals surface area contributed by atoms with Crippen molar-refractivity contribution in [3.8, 4) is 5.75 Å². The monoisotopic (exact) mass is 273 g/mol. The van der Waals surface area contributed by atoms with E-state index in [0.717, 1.165) is 24.4 Å². The number of ether oxygens (including phenoxy) is 1. The third kappa shape index (κ3) is 3.10. The van der Waals surface area contributed by atoms with E-state index in [1.54, 1.807) is 7.11 Å². The molecule has 1 fully saturated rings. The highest BCUT2D eigenvalue weighted by Gasteiger charge is 2.28. The number of rotatable bonds is 6. The van der Waals surface area contributed by atoms with Crippen molar-refractivity contribution in [2.24, 2.45) is 0 Å². The fraction of sp³-hybridized carbons (Fsp3) is 0.471. The van der Waals surface area contributed by atoms with Crippen LogP contribution in [0.4, 0.5) is 0 Å². The topological polar surface area (TPSA) is 29.5 Å². The van der Waals surface area contributed by atoms with Gasteiger partial charge < -0.3 is 4.74 Å². The Kier molecular flexibility index (Phi) is 4.96. The predicted molar refractivity (Wildman–Crippen MR) is 81.0 cm³/mol. The van der Waals surface area contributed by atoms with Gasteiger partial charge in [-0.1, -0.05) is 25.6 Å². The van der Waals surface area contributed by atoms with Crippen LogP contribution in [0.5, 0.6) is 5.75 Å². The van der Waals surface area contributed by atoms with Crippen LogP contribution in [0.2, 0.25) is 0 Å². The minimum absolute atomic E-state index is 0.0138. The summed E-state index contributed by atoms with van der Waals surface area (Å²) in [6, 6.07) is 7.95. The second-order valence-corrected chi connectivity index (χ2v) is 5.22. The first-order valence-electron chi connectivity index (χ1n) is 7.27. The van der Waals surface area contributed by atoms with Crippen molar-refractivity contribution in [3.05, 3.63) is 42.0 Å². The van der Waals surface area contributed by atoms with Gasteiger partial charge in [0.15, 0.2) is 5.78 Å². The lowest BCUT2D eigenvalue weighted by Crippen LogP contribution is -2.29. The average molecular weight is 273 g/mol. The minimum atomic E-state index is -0.0138. The molecular formula is C17H23NO2. The number of hydrogen-bond acceptors (Lipinski definition) is 3. The number of carbonyl (C=O) groups excluding carboxylic acids is 1. The fourth-order valence-electron chi connectivity index (χ4n) is 2.82. The first kappa shape index (κ1) is 14.8. The Morgan fingerprint density at radius 1 is 1.40 bits per heavy atom. The third-order valence-corrected chi connectivity index (χ3v) is 3.92. The molecule has 0 spiro atoms. The van der Waals surface area contributed by atoms with Crippen molar-refractivity contribution < 1.29 is 9.53 Å². The molecule has 0 radical (unpaired) electrons. The van der Waals surface area contributed by atoms with Gasteiger partial charge in [-0.3, -0.25) is 9.69 Å². The van der Waals surface area contributed by atoms with Crippen LogP contribution < -0.4 is 4.74 Å². The molecule has 3 heteroatoms. The Balaban J connectivity index is 2.34. The maximum absolute atomic E-state index is 12.1. The second-order valence-electron chi connectivity index (χ2n) is 5.22. The standard InChI is InChI=1S/C17H23NO2/c1-4-16(19)13(2)17(18-10-5-6-11-18)14-8-7-9-15(12-14)20-3/h7-9,12,17H,2,4-6,10-11H2,1,3H3. The summed E-state index contributed by atoms with van der Waals surface area (Å²) in [5.74, 6) is 0.966. The van der Waals surface area contributed by atoms with Gasteiger partial charge in [0.2, 0.25) is 0 Å². The molecule has 0 N–H and O–H groups in total. The summed E-state index contributed by atoms with van der Waals surface area (Å²) in [4.78, 5) is 14.4. The van der Waals surface area contributed by atoms with Crippen molar-refractivity contribution in [2.45, 2.75) is 32.2 Å². The molecule has 1 heterocycles. The second kappa shape index (κ2) is 6.71. The fourth-order valence-corrected chi connectivity index (χ4v) is 2.82. The van der Waals surface area contributed by atoms with Gasteiger partial charge in [-0.15, -0.1) is 0 Å². The number of nitrogens with zero attached hydrogens (tertiary/aromatic N) is 1. The molecule has 1 aliphatic rings. The summed E-state index contributed by atoms with van der Waals surface area (Å²) in [5, 5.41) is 0. The lowest BCUT2D eigenvalue weighted by molar-refractivity contribution is -0.115. The summed E-state index contributed by atoms with van der Waals surface area (Å²) in [5.41, 5.74) is 1.79. The molecular weight excluding hydrogens is 250 g/mol. The van der Waals surface area contributed by atoms with Gasteiger partial charge in [0.1, 0.15) is 5.75 Å². The number of Topliss-reactive ketones (excluding diaryl/α,β-unsaturated/α-hetero) is 1. The van der Waals surface area contributed by atoms with Crippen molar-refractivity contribution in [2.75, 3.05) is 20.2 Å². The van der Waals surface area contributed by atoms with Crippen molar-refractivity contribution >= 4 is 5.78 Å². The Bertz CT molecular complexity index is 490. The van der Waals surface area contributed by atoms with Crippen LogP contribution in [-0.2, 0) is 4.79 Å². The first-order valence-corrected chi connectivity index (χ1v) is 7.27. The maximum Gasteiger partial charge on any atom is 0.159 e. The molecule has 108 valence electrons.